The van der Waals surface area contributed by atoms with E-state index in [0.717, 1.165) is 38.3 Å². The molecule has 2 aliphatic rings. The minimum Gasteiger partial charge on any atom is -0.390 e. The number of hydrogen-bond acceptors (Lipinski definition) is 4. The average molecular weight is 283 g/mol. The van der Waals surface area contributed by atoms with Gasteiger partial charge in [0.25, 0.3) is 0 Å². The van der Waals surface area contributed by atoms with Crippen LogP contribution in [-0.4, -0.2) is 72.4 Å². The summed E-state index contributed by atoms with van der Waals surface area (Å²) in [4.78, 5) is 4.88. The molecule has 118 valence electrons. The Hall–Kier alpha value is -0.160. The first-order valence-corrected chi connectivity index (χ1v) is 8.49. The Bertz CT molecular complexity index is 269. The Morgan fingerprint density at radius 2 is 1.80 bits per heavy atom. The minimum atomic E-state index is -0.241. The number of fused-ring (bicyclic) bond motifs is 2. The van der Waals surface area contributed by atoms with E-state index in [9.17, 15) is 5.11 Å². The van der Waals surface area contributed by atoms with Crippen LogP contribution < -0.4 is 5.32 Å². The Morgan fingerprint density at radius 1 is 1.20 bits per heavy atom. The molecule has 0 saturated carbocycles. The number of aliphatic hydroxyl groups excluding tert-OH is 1. The lowest BCUT2D eigenvalue weighted by Gasteiger charge is -2.47. The first kappa shape index (κ1) is 16.2. The monoisotopic (exact) mass is 283 g/mol. The summed E-state index contributed by atoms with van der Waals surface area (Å²) in [5, 5.41) is 13.8. The summed E-state index contributed by atoms with van der Waals surface area (Å²) in [6.45, 7) is 7.88. The summed E-state index contributed by atoms with van der Waals surface area (Å²) in [5.41, 5.74) is 0. The van der Waals surface area contributed by atoms with Crippen molar-refractivity contribution in [3.05, 3.63) is 0 Å². The number of rotatable bonds is 7. The van der Waals surface area contributed by atoms with Gasteiger partial charge in [0, 0.05) is 31.2 Å². The van der Waals surface area contributed by atoms with E-state index in [2.05, 4.69) is 36.0 Å². The fourth-order valence-corrected chi connectivity index (χ4v) is 3.93. The third kappa shape index (κ3) is 4.17. The van der Waals surface area contributed by atoms with Gasteiger partial charge in [0.1, 0.15) is 0 Å². The molecule has 2 rings (SSSR count). The normalized spacial score (nSPS) is 32.5. The van der Waals surface area contributed by atoms with E-state index >= 15 is 0 Å². The molecule has 3 unspecified atom stereocenters. The highest BCUT2D eigenvalue weighted by Gasteiger charge is 2.35. The second kappa shape index (κ2) is 7.74. The molecule has 0 radical (unpaired) electrons. The number of hydrogen-bond donors (Lipinski definition) is 2. The van der Waals surface area contributed by atoms with Crippen LogP contribution in [0.3, 0.4) is 0 Å². The Morgan fingerprint density at radius 3 is 2.35 bits per heavy atom. The zero-order chi connectivity index (χ0) is 14.5. The van der Waals surface area contributed by atoms with Crippen molar-refractivity contribution in [3.63, 3.8) is 0 Å². The van der Waals surface area contributed by atoms with Crippen LogP contribution in [0.15, 0.2) is 0 Å². The molecule has 2 aliphatic heterocycles. The lowest BCUT2D eigenvalue weighted by Crippen LogP contribution is -2.55. The van der Waals surface area contributed by atoms with Gasteiger partial charge in [-0.15, -0.1) is 0 Å². The van der Waals surface area contributed by atoms with Gasteiger partial charge in [-0.3, -0.25) is 0 Å². The fraction of sp³-hybridized carbons (Fsp3) is 1.00. The quantitative estimate of drug-likeness (QED) is 0.738. The van der Waals surface area contributed by atoms with Crippen molar-refractivity contribution in [3.8, 4) is 0 Å². The van der Waals surface area contributed by atoms with Crippen LogP contribution in [0.25, 0.3) is 0 Å². The van der Waals surface area contributed by atoms with Gasteiger partial charge in [-0.25, -0.2) is 0 Å². The summed E-state index contributed by atoms with van der Waals surface area (Å²) in [6.07, 6.45) is 6.38. The molecule has 0 aliphatic carbocycles. The predicted octanol–water partition coefficient (Wildman–Crippen LogP) is 1.29. The highest BCUT2D eigenvalue weighted by Crippen LogP contribution is 2.32. The van der Waals surface area contributed by atoms with Crippen LogP contribution in [-0.2, 0) is 0 Å². The molecule has 0 aromatic heterocycles. The van der Waals surface area contributed by atoms with E-state index in [1.54, 1.807) is 0 Å². The number of nitrogens with zero attached hydrogens (tertiary/aromatic N) is 2. The molecule has 3 atom stereocenters. The molecule has 0 aromatic rings. The Labute approximate surface area is 124 Å². The topological polar surface area (TPSA) is 38.7 Å². The van der Waals surface area contributed by atoms with Gasteiger partial charge in [0.2, 0.25) is 0 Å². The van der Waals surface area contributed by atoms with Gasteiger partial charge in [-0.05, 0) is 45.8 Å². The van der Waals surface area contributed by atoms with Gasteiger partial charge >= 0.3 is 0 Å². The molecule has 2 saturated heterocycles. The van der Waals surface area contributed by atoms with Crippen molar-refractivity contribution < 1.29 is 5.11 Å². The molecule has 2 fully saturated rings. The second-order valence-electron chi connectivity index (χ2n) is 6.62. The highest BCUT2D eigenvalue weighted by atomic mass is 16.3. The van der Waals surface area contributed by atoms with Gasteiger partial charge in [0.15, 0.2) is 0 Å². The standard InChI is InChI=1S/C16H33N3O/c1-4-19(5-2)12-16(20)11-17-13-9-14-7-6-8-15(10-13)18(14)3/h13-17,20H,4-12H2,1-3H3. The predicted molar refractivity (Wildman–Crippen MR) is 84.0 cm³/mol. The SMILES string of the molecule is CCN(CC)CC(O)CNC1CC2CCCC(C1)N2C. The summed E-state index contributed by atoms with van der Waals surface area (Å²) in [7, 11) is 2.29. The molecular formula is C16H33N3O. The number of likely N-dealkylation sites (N-methyl/N-ethyl adjacent to an activating group) is 1. The fourth-order valence-electron chi connectivity index (χ4n) is 3.93. The minimum absolute atomic E-state index is 0.241. The smallest absolute Gasteiger partial charge is 0.0791 e. The average Bonchev–Trinajstić information content (AvgIpc) is 2.43. The van der Waals surface area contributed by atoms with Gasteiger partial charge in [-0.2, -0.15) is 0 Å². The maximum atomic E-state index is 10.2. The van der Waals surface area contributed by atoms with Crippen molar-refractivity contribution >= 4 is 0 Å². The zero-order valence-corrected chi connectivity index (χ0v) is 13.5. The molecule has 2 heterocycles. The Balaban J connectivity index is 1.72. The van der Waals surface area contributed by atoms with E-state index in [4.69, 9.17) is 0 Å². The first-order chi connectivity index (χ1) is 9.63. The number of nitrogens with one attached hydrogen (secondary N) is 1. The van der Waals surface area contributed by atoms with Gasteiger partial charge < -0.3 is 20.2 Å². The molecule has 0 aromatic carbocycles. The summed E-state index contributed by atoms with van der Waals surface area (Å²) < 4.78 is 0. The van der Waals surface area contributed by atoms with Crippen LogP contribution in [0, 0.1) is 0 Å². The molecule has 20 heavy (non-hydrogen) atoms. The third-order valence-corrected chi connectivity index (χ3v) is 5.35. The highest BCUT2D eigenvalue weighted by molar-refractivity contribution is 4.93. The molecule has 2 N–H and O–H groups in total. The zero-order valence-electron chi connectivity index (χ0n) is 13.5. The first-order valence-electron chi connectivity index (χ1n) is 8.49. The van der Waals surface area contributed by atoms with Crippen LogP contribution in [0.1, 0.15) is 46.0 Å². The summed E-state index contributed by atoms with van der Waals surface area (Å²) >= 11 is 0. The summed E-state index contributed by atoms with van der Waals surface area (Å²) in [6, 6.07) is 2.13. The van der Waals surface area contributed by atoms with E-state index in [1.165, 1.54) is 32.1 Å². The Kier molecular flexibility index (Phi) is 6.27. The molecular weight excluding hydrogens is 250 g/mol. The van der Waals surface area contributed by atoms with Crippen molar-refractivity contribution in [2.45, 2.75) is 70.2 Å². The van der Waals surface area contributed by atoms with E-state index in [0.29, 0.717) is 6.04 Å². The van der Waals surface area contributed by atoms with E-state index in [1.807, 2.05) is 0 Å². The van der Waals surface area contributed by atoms with E-state index in [-0.39, 0.29) is 6.10 Å². The van der Waals surface area contributed by atoms with Crippen LogP contribution in [0.5, 0.6) is 0 Å². The molecule has 2 bridgehead atoms. The summed E-state index contributed by atoms with van der Waals surface area (Å²) in [5.74, 6) is 0. The lowest BCUT2D eigenvalue weighted by atomic mass is 9.82. The molecule has 4 heteroatoms. The van der Waals surface area contributed by atoms with Gasteiger partial charge in [0.05, 0.1) is 6.10 Å². The molecule has 0 amide bonds. The third-order valence-electron chi connectivity index (χ3n) is 5.35. The number of aliphatic hydroxyl groups is 1. The maximum Gasteiger partial charge on any atom is 0.0791 e. The number of piperidine rings is 2. The van der Waals surface area contributed by atoms with Gasteiger partial charge in [-0.1, -0.05) is 20.3 Å². The van der Waals surface area contributed by atoms with Crippen molar-refractivity contribution in [2.75, 3.05) is 33.2 Å². The van der Waals surface area contributed by atoms with Crippen molar-refractivity contribution in [2.24, 2.45) is 0 Å². The van der Waals surface area contributed by atoms with Crippen LogP contribution in [0.4, 0.5) is 0 Å². The maximum absolute atomic E-state index is 10.2. The molecule has 0 spiro atoms. The van der Waals surface area contributed by atoms with Crippen molar-refractivity contribution in [1.82, 2.24) is 15.1 Å². The van der Waals surface area contributed by atoms with Crippen LogP contribution >= 0.6 is 0 Å². The second-order valence-corrected chi connectivity index (χ2v) is 6.62. The van der Waals surface area contributed by atoms with E-state index < -0.39 is 0 Å². The van der Waals surface area contributed by atoms with Crippen molar-refractivity contribution in [1.29, 1.82) is 0 Å². The molecule has 4 nitrogen and oxygen atoms in total. The largest absolute Gasteiger partial charge is 0.390 e. The van der Waals surface area contributed by atoms with Crippen LogP contribution in [0.2, 0.25) is 0 Å². The lowest BCUT2D eigenvalue weighted by molar-refractivity contribution is 0.0424.